The molecule has 8 heteroatoms. The second kappa shape index (κ2) is 8.55. The molecule has 164 valence electrons. The summed E-state index contributed by atoms with van der Waals surface area (Å²) in [7, 11) is -3.89. The highest BCUT2D eigenvalue weighted by molar-refractivity contribution is 7.90. The third-order valence-corrected chi connectivity index (χ3v) is 6.21. The third-order valence-electron chi connectivity index (χ3n) is 4.55. The molecule has 3 rings (SSSR count). The Balaban J connectivity index is 2.03. The van der Waals surface area contributed by atoms with E-state index in [0.717, 1.165) is 11.3 Å². The van der Waals surface area contributed by atoms with E-state index in [4.69, 9.17) is 4.74 Å². The van der Waals surface area contributed by atoms with Crippen LogP contribution in [-0.4, -0.2) is 29.1 Å². The van der Waals surface area contributed by atoms with Gasteiger partial charge in [0.05, 0.1) is 11.7 Å². The summed E-state index contributed by atoms with van der Waals surface area (Å²) in [5, 5.41) is 2.76. The number of carbonyl (C=O) groups excluding carboxylic acids is 1. The lowest BCUT2D eigenvalue weighted by atomic mass is 10.1. The molecule has 7 nitrogen and oxygen atoms in total. The van der Waals surface area contributed by atoms with Crippen molar-refractivity contribution in [3.05, 3.63) is 72.2 Å². The second-order valence-electron chi connectivity index (χ2n) is 8.33. The van der Waals surface area contributed by atoms with Crippen molar-refractivity contribution in [2.45, 2.75) is 51.2 Å². The maximum Gasteiger partial charge on any atom is 0.408 e. The molecule has 1 aromatic carbocycles. The molecule has 0 radical (unpaired) electrons. The van der Waals surface area contributed by atoms with E-state index in [-0.39, 0.29) is 4.90 Å². The molecule has 1 unspecified atom stereocenters. The van der Waals surface area contributed by atoms with Crippen molar-refractivity contribution < 1.29 is 17.9 Å². The molecular formula is C23H27N3O4S. The topological polar surface area (TPSA) is 90.3 Å². The second-order valence-corrected chi connectivity index (χ2v) is 10.1. The Morgan fingerprint density at radius 2 is 1.81 bits per heavy atom. The number of ether oxygens (including phenoxy) is 1. The van der Waals surface area contributed by atoms with Crippen LogP contribution in [0.2, 0.25) is 0 Å². The molecule has 0 aliphatic carbocycles. The summed E-state index contributed by atoms with van der Waals surface area (Å²) in [6.07, 6.45) is 2.31. The molecule has 1 amide bonds. The first-order valence-corrected chi connectivity index (χ1v) is 11.4. The predicted molar refractivity (Wildman–Crippen MR) is 119 cm³/mol. The first-order valence-electron chi connectivity index (χ1n) is 9.93. The van der Waals surface area contributed by atoms with Crippen molar-refractivity contribution in [2.75, 3.05) is 0 Å². The maximum atomic E-state index is 13.4. The van der Waals surface area contributed by atoms with Gasteiger partial charge < -0.3 is 10.1 Å². The van der Waals surface area contributed by atoms with Gasteiger partial charge in [0.15, 0.2) is 0 Å². The zero-order valence-electron chi connectivity index (χ0n) is 18.3. The zero-order chi connectivity index (χ0) is 22.8. The van der Waals surface area contributed by atoms with E-state index in [2.05, 4.69) is 10.3 Å². The monoisotopic (exact) mass is 441 g/mol. The third kappa shape index (κ3) is 5.32. The molecule has 31 heavy (non-hydrogen) atoms. The van der Waals surface area contributed by atoms with Gasteiger partial charge in [-0.3, -0.25) is 4.98 Å². The van der Waals surface area contributed by atoms with Crippen LogP contribution >= 0.6 is 0 Å². The van der Waals surface area contributed by atoms with Crippen LogP contribution in [0, 0.1) is 6.92 Å². The van der Waals surface area contributed by atoms with Crippen molar-refractivity contribution in [3.8, 4) is 11.3 Å². The average molecular weight is 442 g/mol. The summed E-state index contributed by atoms with van der Waals surface area (Å²) in [6, 6.07) is 13.7. The molecule has 1 atom stereocenters. The number of benzene rings is 1. The summed E-state index contributed by atoms with van der Waals surface area (Å²) in [5.74, 6) is 0. The van der Waals surface area contributed by atoms with Crippen LogP contribution in [0.5, 0.6) is 0 Å². The molecule has 2 aromatic heterocycles. The molecule has 0 saturated carbocycles. The van der Waals surface area contributed by atoms with Gasteiger partial charge >= 0.3 is 6.09 Å². The van der Waals surface area contributed by atoms with E-state index in [0.29, 0.717) is 11.3 Å². The van der Waals surface area contributed by atoms with Gasteiger partial charge in [-0.2, -0.15) is 0 Å². The van der Waals surface area contributed by atoms with Crippen LogP contribution in [0.25, 0.3) is 11.3 Å². The maximum absolute atomic E-state index is 13.4. The normalized spacial score (nSPS) is 12.9. The van der Waals surface area contributed by atoms with Gasteiger partial charge in [-0.15, -0.1) is 0 Å². The molecular weight excluding hydrogens is 414 g/mol. The van der Waals surface area contributed by atoms with Gasteiger partial charge in [0.2, 0.25) is 0 Å². The number of hydrogen-bond acceptors (Lipinski definition) is 5. The molecule has 1 N–H and O–H groups in total. The lowest BCUT2D eigenvalue weighted by Gasteiger charge is -2.21. The highest BCUT2D eigenvalue weighted by atomic mass is 32.2. The van der Waals surface area contributed by atoms with Crippen molar-refractivity contribution in [1.82, 2.24) is 14.3 Å². The first-order chi connectivity index (χ1) is 14.5. The largest absolute Gasteiger partial charge is 0.444 e. The molecule has 0 fully saturated rings. The first kappa shape index (κ1) is 22.6. The lowest BCUT2D eigenvalue weighted by Crippen LogP contribution is -2.33. The minimum Gasteiger partial charge on any atom is -0.444 e. The number of nitrogens with zero attached hydrogens (tertiary/aromatic N) is 2. The summed E-state index contributed by atoms with van der Waals surface area (Å²) in [6.45, 7) is 8.91. The smallest absolute Gasteiger partial charge is 0.408 e. The number of aromatic nitrogens is 2. The van der Waals surface area contributed by atoms with Crippen molar-refractivity contribution in [3.63, 3.8) is 0 Å². The number of hydrogen-bond donors (Lipinski definition) is 1. The van der Waals surface area contributed by atoms with Gasteiger partial charge in [-0.1, -0.05) is 30.3 Å². The SMILES string of the molecule is Cc1ccc(S(=O)(=O)n2cc(C(C)NC(=O)OC(C)(C)C)cc2-c2ccccc2)cn1. The number of carbonyl (C=O) groups is 1. The molecule has 0 saturated heterocycles. The minimum absolute atomic E-state index is 0.0881. The summed E-state index contributed by atoms with van der Waals surface area (Å²) >= 11 is 0. The average Bonchev–Trinajstić information content (AvgIpc) is 3.14. The van der Waals surface area contributed by atoms with Gasteiger partial charge in [0.1, 0.15) is 10.5 Å². The van der Waals surface area contributed by atoms with E-state index in [1.54, 1.807) is 46.8 Å². The fourth-order valence-electron chi connectivity index (χ4n) is 3.01. The van der Waals surface area contributed by atoms with Gasteiger partial charge in [-0.05, 0) is 63.9 Å². The summed E-state index contributed by atoms with van der Waals surface area (Å²) < 4.78 is 33.3. The Morgan fingerprint density at radius 1 is 1.13 bits per heavy atom. The fourth-order valence-corrected chi connectivity index (χ4v) is 4.34. The van der Waals surface area contributed by atoms with E-state index in [9.17, 15) is 13.2 Å². The molecule has 3 aromatic rings. The highest BCUT2D eigenvalue weighted by Gasteiger charge is 2.25. The quantitative estimate of drug-likeness (QED) is 0.621. The number of nitrogens with one attached hydrogen (secondary N) is 1. The summed E-state index contributed by atoms with van der Waals surface area (Å²) in [4.78, 5) is 16.4. The molecule has 0 bridgehead atoms. The molecule has 0 aliphatic rings. The van der Waals surface area contributed by atoms with E-state index in [1.165, 1.54) is 22.4 Å². The number of pyridine rings is 1. The number of aryl methyl sites for hydroxylation is 1. The Kier molecular flexibility index (Phi) is 6.22. The molecule has 0 spiro atoms. The van der Waals surface area contributed by atoms with Crippen LogP contribution in [0.4, 0.5) is 4.79 Å². The minimum atomic E-state index is -3.89. The van der Waals surface area contributed by atoms with Crippen LogP contribution in [0.3, 0.4) is 0 Å². The van der Waals surface area contributed by atoms with Crippen LogP contribution in [0.1, 0.15) is 45.0 Å². The Labute approximate surface area is 183 Å². The van der Waals surface area contributed by atoms with Gasteiger partial charge in [-0.25, -0.2) is 17.2 Å². The summed E-state index contributed by atoms with van der Waals surface area (Å²) in [5.41, 5.74) is 1.96. The Morgan fingerprint density at radius 3 is 2.39 bits per heavy atom. The highest BCUT2D eigenvalue weighted by Crippen LogP contribution is 2.29. The zero-order valence-corrected chi connectivity index (χ0v) is 19.1. The van der Waals surface area contributed by atoms with E-state index in [1.807, 2.05) is 30.3 Å². The number of rotatable bonds is 5. The standard InChI is InChI=1S/C23H27N3O4S/c1-16-11-12-20(14-24-16)31(28,29)26-15-19(13-21(26)18-9-7-6-8-10-18)17(2)25-22(27)30-23(3,4)5/h6-15,17H,1-5H3,(H,25,27). The van der Waals surface area contributed by atoms with Crippen molar-refractivity contribution in [1.29, 1.82) is 0 Å². The Bertz CT molecular complexity index is 1160. The van der Waals surface area contributed by atoms with Crippen LogP contribution < -0.4 is 5.32 Å². The lowest BCUT2D eigenvalue weighted by molar-refractivity contribution is 0.0508. The number of alkyl carbamates (subject to hydrolysis) is 1. The van der Waals surface area contributed by atoms with Crippen molar-refractivity contribution >= 4 is 16.1 Å². The van der Waals surface area contributed by atoms with Crippen LogP contribution in [-0.2, 0) is 14.8 Å². The van der Waals surface area contributed by atoms with E-state index >= 15 is 0 Å². The van der Waals surface area contributed by atoms with Crippen LogP contribution in [0.15, 0.2) is 65.8 Å². The fraction of sp³-hybridized carbons (Fsp3) is 0.304. The Hall–Kier alpha value is -3.13. The molecule has 2 heterocycles. The van der Waals surface area contributed by atoms with Gasteiger partial charge in [0, 0.05) is 18.1 Å². The van der Waals surface area contributed by atoms with Gasteiger partial charge in [0.25, 0.3) is 10.0 Å². The molecule has 0 aliphatic heterocycles. The predicted octanol–water partition coefficient (Wildman–Crippen LogP) is 4.68. The number of amides is 1. The van der Waals surface area contributed by atoms with E-state index < -0.39 is 27.8 Å². The van der Waals surface area contributed by atoms with Crippen molar-refractivity contribution in [2.24, 2.45) is 0 Å².